The summed E-state index contributed by atoms with van der Waals surface area (Å²) < 4.78 is 5.30. The summed E-state index contributed by atoms with van der Waals surface area (Å²) in [4.78, 5) is 11.8. The van der Waals surface area contributed by atoms with Gasteiger partial charge in [-0.25, -0.2) is 0 Å². The molecule has 0 aliphatic rings. The minimum atomic E-state index is -0.134. The summed E-state index contributed by atoms with van der Waals surface area (Å²) in [6.07, 6.45) is 0.323. The van der Waals surface area contributed by atoms with Crippen molar-refractivity contribution < 1.29 is 9.53 Å². The van der Waals surface area contributed by atoms with E-state index in [4.69, 9.17) is 10.5 Å². The Balaban J connectivity index is 3.03. The monoisotopic (exact) mass is 250 g/mol. The normalized spacial score (nSPS) is 12.1. The van der Waals surface area contributed by atoms with Crippen LogP contribution in [0.15, 0.2) is 6.07 Å². The number of carbonyl (C=O) groups excluding carboxylic acids is 1. The summed E-state index contributed by atoms with van der Waals surface area (Å²) in [6.45, 7) is 7.73. The van der Waals surface area contributed by atoms with Gasteiger partial charge in [-0.15, -0.1) is 0 Å². The first-order chi connectivity index (χ1) is 8.36. The average molecular weight is 250 g/mol. The van der Waals surface area contributed by atoms with Gasteiger partial charge in [0.1, 0.15) is 5.75 Å². The summed E-state index contributed by atoms with van der Waals surface area (Å²) in [5.74, 6) is 0.788. The lowest BCUT2D eigenvalue weighted by molar-refractivity contribution is -0.116. The third-order valence-electron chi connectivity index (χ3n) is 3.04. The Labute approximate surface area is 109 Å². The zero-order valence-corrected chi connectivity index (χ0v) is 11.8. The van der Waals surface area contributed by atoms with Crippen LogP contribution in [0.2, 0.25) is 0 Å². The van der Waals surface area contributed by atoms with Crippen LogP contribution in [0.4, 0.5) is 5.69 Å². The number of ether oxygens (including phenoxy) is 1. The fourth-order valence-electron chi connectivity index (χ4n) is 1.93. The second-order valence-corrected chi connectivity index (χ2v) is 4.75. The number of aryl methyl sites for hydroxylation is 1. The zero-order chi connectivity index (χ0) is 13.9. The van der Waals surface area contributed by atoms with Gasteiger partial charge < -0.3 is 15.8 Å². The molecule has 0 fully saturated rings. The molecule has 1 unspecified atom stereocenters. The Kier molecular flexibility index (Phi) is 4.73. The Morgan fingerprint density at radius 2 is 2.00 bits per heavy atom. The van der Waals surface area contributed by atoms with Gasteiger partial charge in [-0.1, -0.05) is 0 Å². The lowest BCUT2D eigenvalue weighted by Gasteiger charge is -2.17. The van der Waals surface area contributed by atoms with Gasteiger partial charge >= 0.3 is 0 Å². The van der Waals surface area contributed by atoms with Crippen LogP contribution in [-0.4, -0.2) is 19.1 Å². The van der Waals surface area contributed by atoms with Gasteiger partial charge in [-0.2, -0.15) is 0 Å². The van der Waals surface area contributed by atoms with Crippen LogP contribution in [0.25, 0.3) is 0 Å². The maximum atomic E-state index is 11.8. The first-order valence-electron chi connectivity index (χ1n) is 6.07. The van der Waals surface area contributed by atoms with Crippen molar-refractivity contribution in [3.8, 4) is 5.75 Å². The molecule has 0 aliphatic carbocycles. The highest BCUT2D eigenvalue weighted by Gasteiger charge is 2.13. The lowest BCUT2D eigenvalue weighted by Crippen LogP contribution is -2.24. The standard InChI is InChI=1S/C14H22N2O2/c1-8-6-12(18-5)10(3)11(4)14(8)16-13(17)7-9(2)15/h6,9H,7,15H2,1-5H3,(H,16,17). The highest BCUT2D eigenvalue weighted by molar-refractivity contribution is 5.93. The van der Waals surface area contributed by atoms with Crippen molar-refractivity contribution in [2.45, 2.75) is 40.2 Å². The van der Waals surface area contributed by atoms with Crippen molar-refractivity contribution in [1.29, 1.82) is 0 Å². The summed E-state index contributed by atoms with van der Waals surface area (Å²) >= 11 is 0. The number of nitrogens with two attached hydrogens (primary N) is 1. The maximum absolute atomic E-state index is 11.8. The van der Waals surface area contributed by atoms with Gasteiger partial charge in [-0.3, -0.25) is 4.79 Å². The number of anilines is 1. The summed E-state index contributed by atoms with van der Waals surface area (Å²) in [5.41, 5.74) is 9.54. The van der Waals surface area contributed by atoms with Crippen LogP contribution in [0.3, 0.4) is 0 Å². The third kappa shape index (κ3) is 3.23. The quantitative estimate of drug-likeness (QED) is 0.861. The minimum absolute atomic E-state index is 0.0548. The van der Waals surface area contributed by atoms with Gasteiger partial charge in [0.15, 0.2) is 0 Å². The molecular weight excluding hydrogens is 228 g/mol. The van der Waals surface area contributed by atoms with Gasteiger partial charge in [-0.05, 0) is 50.5 Å². The van der Waals surface area contributed by atoms with E-state index in [0.717, 1.165) is 28.1 Å². The van der Waals surface area contributed by atoms with Crippen LogP contribution in [0.1, 0.15) is 30.0 Å². The predicted octanol–water partition coefficient (Wildman–Crippen LogP) is 2.30. The van der Waals surface area contributed by atoms with Gasteiger partial charge in [0.05, 0.1) is 7.11 Å². The minimum Gasteiger partial charge on any atom is -0.496 e. The van der Waals surface area contributed by atoms with Crippen LogP contribution >= 0.6 is 0 Å². The van der Waals surface area contributed by atoms with Crippen LogP contribution in [0, 0.1) is 20.8 Å². The molecule has 0 spiro atoms. The van der Waals surface area contributed by atoms with Crippen molar-refractivity contribution in [2.24, 2.45) is 5.73 Å². The van der Waals surface area contributed by atoms with Crippen molar-refractivity contribution in [2.75, 3.05) is 12.4 Å². The van der Waals surface area contributed by atoms with E-state index in [-0.39, 0.29) is 11.9 Å². The van der Waals surface area contributed by atoms with Crippen LogP contribution < -0.4 is 15.8 Å². The van der Waals surface area contributed by atoms with E-state index in [1.54, 1.807) is 7.11 Å². The topological polar surface area (TPSA) is 64.3 Å². The van der Waals surface area contributed by atoms with Crippen LogP contribution in [0.5, 0.6) is 5.75 Å². The molecule has 3 N–H and O–H groups in total. The van der Waals surface area contributed by atoms with E-state index in [2.05, 4.69) is 5.32 Å². The summed E-state index contributed by atoms with van der Waals surface area (Å²) in [5, 5.41) is 2.93. The molecule has 1 aromatic rings. The highest BCUT2D eigenvalue weighted by atomic mass is 16.5. The molecule has 1 amide bonds. The van der Waals surface area contributed by atoms with E-state index in [1.165, 1.54) is 0 Å². The molecule has 4 heteroatoms. The van der Waals surface area contributed by atoms with Gasteiger partial charge in [0, 0.05) is 18.2 Å². The summed E-state index contributed by atoms with van der Waals surface area (Å²) in [7, 11) is 1.65. The SMILES string of the molecule is COc1cc(C)c(NC(=O)CC(C)N)c(C)c1C. The molecule has 1 rings (SSSR count). The molecule has 0 saturated carbocycles. The number of rotatable bonds is 4. The largest absolute Gasteiger partial charge is 0.496 e. The molecule has 100 valence electrons. The molecule has 1 aromatic carbocycles. The van der Waals surface area contributed by atoms with E-state index in [1.807, 2.05) is 33.8 Å². The molecule has 18 heavy (non-hydrogen) atoms. The van der Waals surface area contributed by atoms with Gasteiger partial charge in [0.25, 0.3) is 0 Å². The number of benzene rings is 1. The lowest BCUT2D eigenvalue weighted by atomic mass is 10.0. The van der Waals surface area contributed by atoms with Crippen molar-refractivity contribution in [3.05, 3.63) is 22.8 Å². The molecule has 1 atom stereocenters. The molecule has 0 saturated heterocycles. The Morgan fingerprint density at radius 1 is 1.39 bits per heavy atom. The second-order valence-electron chi connectivity index (χ2n) is 4.75. The molecule has 4 nitrogen and oxygen atoms in total. The number of methoxy groups -OCH3 is 1. The number of hydrogen-bond acceptors (Lipinski definition) is 3. The van der Waals surface area contributed by atoms with Crippen LogP contribution in [-0.2, 0) is 4.79 Å². The Morgan fingerprint density at radius 3 is 2.50 bits per heavy atom. The third-order valence-corrected chi connectivity index (χ3v) is 3.04. The van der Waals surface area contributed by atoms with Gasteiger partial charge in [0.2, 0.25) is 5.91 Å². The maximum Gasteiger partial charge on any atom is 0.225 e. The number of carbonyl (C=O) groups is 1. The smallest absolute Gasteiger partial charge is 0.225 e. The Bertz CT molecular complexity index is 454. The molecule has 0 aromatic heterocycles. The fourth-order valence-corrected chi connectivity index (χ4v) is 1.93. The second kappa shape index (κ2) is 5.87. The molecule has 0 aliphatic heterocycles. The summed E-state index contributed by atoms with van der Waals surface area (Å²) in [6, 6.07) is 1.80. The first kappa shape index (κ1) is 14.5. The Hall–Kier alpha value is -1.55. The fraction of sp³-hybridized carbons (Fsp3) is 0.500. The van der Waals surface area contributed by atoms with E-state index in [9.17, 15) is 4.79 Å². The first-order valence-corrected chi connectivity index (χ1v) is 6.07. The van der Waals surface area contributed by atoms with E-state index < -0.39 is 0 Å². The van der Waals surface area contributed by atoms with Crippen molar-refractivity contribution >= 4 is 11.6 Å². The number of hydrogen-bond donors (Lipinski definition) is 2. The average Bonchev–Trinajstić information content (AvgIpc) is 2.28. The number of amides is 1. The molecule has 0 radical (unpaired) electrons. The van der Waals surface area contributed by atoms with E-state index >= 15 is 0 Å². The predicted molar refractivity (Wildman–Crippen MR) is 74.1 cm³/mol. The molecule has 0 heterocycles. The molecule has 0 bridgehead atoms. The van der Waals surface area contributed by atoms with Crippen molar-refractivity contribution in [1.82, 2.24) is 0 Å². The van der Waals surface area contributed by atoms with Crippen molar-refractivity contribution in [3.63, 3.8) is 0 Å². The highest BCUT2D eigenvalue weighted by Crippen LogP contribution is 2.31. The molecular formula is C14H22N2O2. The van der Waals surface area contributed by atoms with E-state index in [0.29, 0.717) is 6.42 Å². The zero-order valence-electron chi connectivity index (χ0n) is 11.8. The number of nitrogens with one attached hydrogen (secondary N) is 1.